The summed E-state index contributed by atoms with van der Waals surface area (Å²) in [5.74, 6) is 5.52. The lowest BCUT2D eigenvalue weighted by molar-refractivity contribution is 0.411. The number of aromatic nitrogens is 8. The van der Waals surface area contributed by atoms with Crippen molar-refractivity contribution in [2.24, 2.45) is 11.7 Å². The summed E-state index contributed by atoms with van der Waals surface area (Å²) in [5.41, 5.74) is 7.44. The SMILES string of the molecule is COc1ccc(F)c(S(=O)(=O)Nc2cnc(-c3ccc(C#N)c(F)c3)nc2)c1.COc1ccc(F)c(S(=O)(=O)Nc2cnc(-c3ccc4c(N)n[nH]c4c3)nc2)c1.COc1ccc(F)c(S(=O)(=O)Nc2cnc(Cl)nc2)c1.N#Cc1ccc(O[B]O)cc1F.NN.O. The van der Waals surface area contributed by atoms with Gasteiger partial charge in [-0.05, 0) is 90.5 Å². The smallest absolute Gasteiger partial charge is 0.537 e. The molecule has 10 rings (SSSR count). The summed E-state index contributed by atoms with van der Waals surface area (Å²) in [4.78, 5) is 21.9. The molecule has 0 aliphatic carbocycles. The number of nitrogen functional groups attached to an aromatic ring is 1. The highest BCUT2D eigenvalue weighted by Crippen LogP contribution is 2.29. The highest BCUT2D eigenvalue weighted by atomic mass is 35.5. The van der Waals surface area contributed by atoms with Crippen LogP contribution in [-0.4, -0.2) is 105 Å². The van der Waals surface area contributed by atoms with E-state index in [-0.39, 0.29) is 67.8 Å². The topological polar surface area (TPSA) is 459 Å². The van der Waals surface area contributed by atoms with Gasteiger partial charge in [-0.3, -0.25) is 31.0 Å². The molecule has 477 valence electrons. The maximum Gasteiger partial charge on any atom is 0.569 e. The van der Waals surface area contributed by atoms with E-state index in [0.717, 1.165) is 71.8 Å². The summed E-state index contributed by atoms with van der Waals surface area (Å²) in [6.07, 6.45) is 7.25. The molecular weight excluding hydrogens is 1300 g/mol. The number of H-pyrrole nitrogens is 1. The van der Waals surface area contributed by atoms with Crippen LogP contribution in [0.1, 0.15) is 11.1 Å². The molecule has 0 unspecified atom stereocenters. The number of hydrogen-bond acceptors (Lipinski definition) is 23. The molecule has 38 heteroatoms. The number of rotatable bonds is 16. The number of benzene rings is 6. The zero-order valence-corrected chi connectivity index (χ0v) is 50.4. The monoisotopic (exact) mass is 1350 g/mol. The van der Waals surface area contributed by atoms with Crippen LogP contribution in [0.5, 0.6) is 23.0 Å². The van der Waals surface area contributed by atoms with Crippen molar-refractivity contribution in [1.29, 1.82) is 10.5 Å². The van der Waals surface area contributed by atoms with Crippen molar-refractivity contribution in [3.63, 3.8) is 0 Å². The van der Waals surface area contributed by atoms with Gasteiger partial charge in [0, 0.05) is 40.8 Å². The van der Waals surface area contributed by atoms with E-state index in [1.807, 2.05) is 0 Å². The molecule has 10 aromatic rings. The Bertz CT molecular complexity index is 4650. The number of aromatic amines is 1. The van der Waals surface area contributed by atoms with E-state index in [4.69, 9.17) is 47.1 Å². The van der Waals surface area contributed by atoms with Gasteiger partial charge in [0.2, 0.25) is 5.28 Å². The lowest BCUT2D eigenvalue weighted by Crippen LogP contribution is -2.15. The molecule has 0 saturated carbocycles. The van der Waals surface area contributed by atoms with E-state index in [2.05, 4.69) is 70.6 Å². The standard InChI is InChI=1S/C18H12F2N4O3S.C18H15FN6O3S.C11H9ClFN3O3S.C7H4BFNO2.H4N2.H2O/c1-27-14-4-5-15(19)17(7-14)28(25,26)24-13-9-22-18(23-10-13)11-2-3-12(8-21)16(20)6-11;1-28-12-3-5-14(19)16(7-12)29(26,27)25-11-8-21-18(22-9-11)10-2-4-13-15(6-10)23-24-17(13)20;1-19-8-2-3-9(13)10(4-8)20(17,18)16-7-5-14-11(12)15-6-7;9-7-3-6(12-8-11)2-1-5(7)4-10;1-2;/h2-7,9-10,24H,1H3;2-9,25H,1H3,(H3,20,23,24);2-6,16H,1H3;1-3,11H;1-2H2;1H2. The van der Waals surface area contributed by atoms with Gasteiger partial charge in [-0.1, -0.05) is 6.07 Å². The summed E-state index contributed by atoms with van der Waals surface area (Å²) >= 11 is 5.49. The number of anilines is 4. The minimum absolute atomic E-state index is 0. The first-order chi connectivity index (χ1) is 43.4. The molecule has 0 saturated heterocycles. The Hall–Kier alpha value is -10.9. The van der Waals surface area contributed by atoms with Crippen molar-refractivity contribution < 1.29 is 76.6 Å². The summed E-state index contributed by atoms with van der Waals surface area (Å²) in [7, 11) is -8.08. The average Bonchev–Trinajstić information content (AvgIpc) is 1.19. The van der Waals surface area contributed by atoms with Gasteiger partial charge in [-0.25, -0.2) is 77.1 Å². The number of nitrogens with zero attached hydrogens (tertiary/aromatic N) is 9. The summed E-state index contributed by atoms with van der Waals surface area (Å²) in [6.45, 7) is 0. The van der Waals surface area contributed by atoms with Crippen LogP contribution >= 0.6 is 11.6 Å². The van der Waals surface area contributed by atoms with Crippen molar-refractivity contribution in [2.45, 2.75) is 14.7 Å². The first-order valence-electron chi connectivity index (χ1n) is 24.7. The van der Waals surface area contributed by atoms with E-state index in [0.29, 0.717) is 30.5 Å². The average molecular weight is 1350 g/mol. The van der Waals surface area contributed by atoms with Crippen LogP contribution < -0.4 is 50.5 Å². The van der Waals surface area contributed by atoms with E-state index >= 15 is 0 Å². The predicted octanol–water partition coefficient (Wildman–Crippen LogP) is 6.33. The first-order valence-corrected chi connectivity index (χ1v) is 29.5. The van der Waals surface area contributed by atoms with Crippen LogP contribution in [-0.2, 0) is 30.1 Å². The van der Waals surface area contributed by atoms with Crippen molar-refractivity contribution in [2.75, 3.05) is 41.2 Å². The third kappa shape index (κ3) is 18.8. The van der Waals surface area contributed by atoms with Gasteiger partial charge in [0.25, 0.3) is 30.1 Å². The summed E-state index contributed by atoms with van der Waals surface area (Å²) in [5, 5.41) is 32.8. The van der Waals surface area contributed by atoms with Crippen molar-refractivity contribution in [1.82, 2.24) is 40.1 Å². The van der Waals surface area contributed by atoms with Gasteiger partial charge >= 0.3 is 7.69 Å². The van der Waals surface area contributed by atoms with Gasteiger partial charge in [0.15, 0.2) is 17.5 Å². The summed E-state index contributed by atoms with van der Waals surface area (Å²) < 4.78 is 168. The molecule has 6 aromatic carbocycles. The fourth-order valence-electron chi connectivity index (χ4n) is 7.15. The van der Waals surface area contributed by atoms with Crippen molar-refractivity contribution in [3.8, 4) is 57.9 Å². The van der Waals surface area contributed by atoms with Crippen LogP contribution in [0.15, 0.2) is 161 Å². The lowest BCUT2D eigenvalue weighted by atomic mass is 10.1. The minimum Gasteiger partial charge on any atom is -0.537 e. The highest BCUT2D eigenvalue weighted by molar-refractivity contribution is 7.93. The van der Waals surface area contributed by atoms with Gasteiger partial charge in [0.05, 0.1) is 92.2 Å². The highest BCUT2D eigenvalue weighted by Gasteiger charge is 2.24. The van der Waals surface area contributed by atoms with Crippen LogP contribution in [0.25, 0.3) is 33.7 Å². The van der Waals surface area contributed by atoms with Crippen molar-refractivity contribution in [3.05, 3.63) is 192 Å². The third-order valence-electron chi connectivity index (χ3n) is 11.4. The molecule has 0 aliphatic rings. The Morgan fingerprint density at radius 3 is 1.25 bits per heavy atom. The second kappa shape index (κ2) is 32.5. The van der Waals surface area contributed by atoms with Gasteiger partial charge in [0.1, 0.15) is 78.9 Å². The molecule has 4 heterocycles. The Kier molecular flexibility index (Phi) is 25.4. The van der Waals surface area contributed by atoms with E-state index in [9.17, 15) is 47.2 Å². The lowest BCUT2D eigenvalue weighted by Gasteiger charge is -2.10. The zero-order valence-electron chi connectivity index (χ0n) is 47.2. The number of nitrogens with two attached hydrogens (primary N) is 3. The molecule has 0 bridgehead atoms. The van der Waals surface area contributed by atoms with Crippen molar-refractivity contribution >= 4 is 83.1 Å². The fourth-order valence-corrected chi connectivity index (χ4v) is 10.6. The molecule has 13 N–H and O–H groups in total. The largest absolute Gasteiger partial charge is 0.569 e. The third-order valence-corrected chi connectivity index (χ3v) is 15.8. The minimum atomic E-state index is -4.25. The van der Waals surface area contributed by atoms with Crippen LogP contribution in [0, 0.1) is 51.7 Å². The Morgan fingerprint density at radius 2 is 0.880 bits per heavy atom. The number of sulfonamides is 3. The normalized spacial score (nSPS) is 10.6. The zero-order chi connectivity index (χ0) is 66.6. The molecule has 0 spiro atoms. The number of ether oxygens (including phenoxy) is 3. The number of nitriles is 2. The molecule has 0 atom stereocenters. The molecule has 1 radical (unpaired) electrons. The molecule has 4 aromatic heterocycles. The molecular formula is C54H46BClF5N16O12S3. The van der Waals surface area contributed by atoms with Crippen LogP contribution in [0.4, 0.5) is 44.8 Å². The number of hydrogen-bond donors (Lipinski definition) is 8. The quantitative estimate of drug-likeness (QED) is 0.0172. The van der Waals surface area contributed by atoms with Gasteiger partial charge in [-0.15, -0.1) is 0 Å². The molecule has 28 nitrogen and oxygen atoms in total. The van der Waals surface area contributed by atoms with Crippen LogP contribution in [0.2, 0.25) is 5.28 Å². The van der Waals surface area contributed by atoms with Crippen LogP contribution in [0.3, 0.4) is 0 Å². The number of nitrogens with one attached hydrogen (secondary N) is 4. The number of fused-ring (bicyclic) bond motifs is 1. The Morgan fingerprint density at radius 1 is 0.522 bits per heavy atom. The molecule has 0 amide bonds. The number of halogens is 6. The fraction of sp³-hybridized carbons (Fsp3) is 0.0556. The van der Waals surface area contributed by atoms with E-state index in [1.165, 1.54) is 88.6 Å². The number of hydrazine groups is 1. The van der Waals surface area contributed by atoms with Gasteiger partial charge in [-0.2, -0.15) is 15.6 Å². The second-order valence-electron chi connectivity index (χ2n) is 17.2. The Labute approximate surface area is 525 Å². The maximum absolute atomic E-state index is 14.0. The maximum atomic E-state index is 14.0. The van der Waals surface area contributed by atoms with E-state index in [1.54, 1.807) is 30.3 Å². The van der Waals surface area contributed by atoms with Gasteiger partial charge < -0.3 is 35.1 Å². The molecule has 92 heavy (non-hydrogen) atoms. The van der Waals surface area contributed by atoms with E-state index < -0.39 is 73.8 Å². The Balaban J connectivity index is 0.000000229. The number of methoxy groups -OCH3 is 3. The molecule has 0 aliphatic heterocycles. The summed E-state index contributed by atoms with van der Waals surface area (Å²) in [6, 6.07) is 26.4. The molecule has 0 fully saturated rings. The predicted molar refractivity (Wildman–Crippen MR) is 324 cm³/mol. The first kappa shape index (κ1) is 71.9. The second-order valence-corrected chi connectivity index (χ2v) is 22.5.